The van der Waals surface area contributed by atoms with Crippen molar-refractivity contribution in [3.05, 3.63) is 58.6 Å². The molecular formula is C27H40Cl2N2O3P2S. The molecule has 10 heteroatoms. The fourth-order valence-electron chi connectivity index (χ4n) is 4.90. The summed E-state index contributed by atoms with van der Waals surface area (Å²) < 4.78 is 25.4. The lowest BCUT2D eigenvalue weighted by Crippen LogP contribution is -2.60. The second-order valence-electron chi connectivity index (χ2n) is 12.0. The third-order valence-corrected chi connectivity index (χ3v) is 16.3. The van der Waals surface area contributed by atoms with Crippen molar-refractivity contribution < 1.29 is 13.6 Å². The molecule has 2 unspecified atom stereocenters. The highest BCUT2D eigenvalue weighted by molar-refractivity contribution is 8.16. The average Bonchev–Trinajstić information content (AvgIpc) is 2.78. The van der Waals surface area contributed by atoms with Crippen LogP contribution in [0.5, 0.6) is 0 Å². The van der Waals surface area contributed by atoms with E-state index in [9.17, 15) is 4.57 Å². The Kier molecular flexibility index (Phi) is 8.97. The maximum atomic E-state index is 13.4. The average molecular weight is 606 g/mol. The molecule has 4 rings (SSSR count). The van der Waals surface area contributed by atoms with Gasteiger partial charge < -0.3 is 9.05 Å². The van der Waals surface area contributed by atoms with Gasteiger partial charge in [-0.3, -0.25) is 14.8 Å². The van der Waals surface area contributed by atoms with Crippen LogP contribution in [-0.4, -0.2) is 46.8 Å². The predicted octanol–water partition coefficient (Wildman–Crippen LogP) is 7.21. The van der Waals surface area contributed by atoms with Crippen LogP contribution in [0, 0.1) is 0 Å². The van der Waals surface area contributed by atoms with Crippen LogP contribution in [0.15, 0.2) is 48.5 Å². The van der Waals surface area contributed by atoms with E-state index in [4.69, 9.17) is 44.1 Å². The van der Waals surface area contributed by atoms with Gasteiger partial charge in [0.25, 0.3) is 7.37 Å². The minimum Gasteiger partial charge on any atom is -0.343 e. The number of rotatable bonds is 2. The van der Waals surface area contributed by atoms with Gasteiger partial charge in [-0.1, -0.05) is 53.2 Å². The molecule has 2 aromatic rings. The number of likely N-dealkylation sites (N-methyl/N-ethyl adjacent to an activating group) is 1. The lowest BCUT2D eigenvalue weighted by molar-refractivity contribution is 0.0109. The first-order valence-corrected chi connectivity index (χ1v) is 17.4. The Morgan fingerprint density at radius 1 is 0.865 bits per heavy atom. The summed E-state index contributed by atoms with van der Waals surface area (Å²) in [4.78, 5) is 2.14. The van der Waals surface area contributed by atoms with E-state index in [0.29, 0.717) is 28.6 Å². The highest BCUT2D eigenvalue weighted by Gasteiger charge is 2.54. The normalized spacial score (nSPS) is 30.1. The van der Waals surface area contributed by atoms with Crippen molar-refractivity contribution in [3.8, 4) is 0 Å². The molecule has 2 aliphatic heterocycles. The molecule has 2 heterocycles. The molecule has 0 aliphatic carbocycles. The van der Waals surface area contributed by atoms with E-state index in [1.165, 1.54) is 0 Å². The molecule has 0 bridgehead atoms. The van der Waals surface area contributed by atoms with Crippen LogP contribution in [0.2, 0.25) is 10.0 Å². The zero-order valence-corrected chi connectivity index (χ0v) is 27.4. The minimum absolute atomic E-state index is 0.0512. The number of halogens is 2. The number of nitrogens with zero attached hydrogens (tertiary/aromatic N) is 1. The fourth-order valence-corrected chi connectivity index (χ4v) is 11.6. The maximum Gasteiger partial charge on any atom is 0.251 e. The van der Waals surface area contributed by atoms with Crippen LogP contribution in [-0.2, 0) is 25.4 Å². The third-order valence-electron chi connectivity index (χ3n) is 7.33. The van der Waals surface area contributed by atoms with Gasteiger partial charge in [0.15, 0.2) is 0 Å². The molecule has 2 saturated heterocycles. The molecule has 2 fully saturated rings. The molecule has 37 heavy (non-hydrogen) atoms. The molecule has 0 amide bonds. The molecular weight excluding hydrogens is 565 g/mol. The third kappa shape index (κ3) is 6.09. The van der Waals surface area contributed by atoms with Crippen LogP contribution in [0.1, 0.15) is 55.4 Å². The molecule has 1 N–H and O–H groups in total. The summed E-state index contributed by atoms with van der Waals surface area (Å²) in [6.07, 6.45) is -2.14. The Morgan fingerprint density at radius 3 is 1.89 bits per heavy atom. The molecule has 5 nitrogen and oxygen atoms in total. The van der Waals surface area contributed by atoms with E-state index in [1.54, 1.807) is 12.1 Å². The standard InChI is InChI=1S/C14H21ClNO2P.C13H19ClNOPS/c1-13(2)10-18-19(17,14(3,4)16(13)5)12-8-6-7-11(15)9-12;1-12(2)9-16-17(18,13(3,4)15-12)11-7-5-6-10(14)8-11/h6-9H,10H2,1-5H3;5-8,15H,9H2,1-4H3. The predicted molar refractivity (Wildman–Crippen MR) is 163 cm³/mol. The molecule has 0 saturated carbocycles. The Hall–Kier alpha value is -0.260. The number of hydrogen-bond acceptors (Lipinski definition) is 6. The van der Waals surface area contributed by atoms with Gasteiger partial charge in [-0.05, 0) is 92.8 Å². The van der Waals surface area contributed by atoms with Gasteiger partial charge in [0, 0.05) is 31.7 Å². The summed E-state index contributed by atoms with van der Waals surface area (Å²) in [5.74, 6) is 0. The molecule has 2 atom stereocenters. The van der Waals surface area contributed by atoms with Crippen LogP contribution in [0.25, 0.3) is 0 Å². The summed E-state index contributed by atoms with van der Waals surface area (Å²) in [6, 6.07) is 14.9. The van der Waals surface area contributed by atoms with Crippen molar-refractivity contribution in [2.75, 3.05) is 20.3 Å². The van der Waals surface area contributed by atoms with E-state index < -0.39 is 18.9 Å². The van der Waals surface area contributed by atoms with E-state index in [2.05, 4.69) is 51.8 Å². The van der Waals surface area contributed by atoms with Gasteiger partial charge in [0.2, 0.25) is 0 Å². The van der Waals surface area contributed by atoms with Crippen molar-refractivity contribution in [1.29, 1.82) is 0 Å². The highest BCUT2D eigenvalue weighted by Crippen LogP contribution is 2.63. The lowest BCUT2D eigenvalue weighted by Gasteiger charge is -2.53. The van der Waals surface area contributed by atoms with Crippen molar-refractivity contribution in [3.63, 3.8) is 0 Å². The zero-order chi connectivity index (χ0) is 28.1. The second kappa shape index (κ2) is 10.6. The Bertz CT molecular complexity index is 1250. The molecule has 206 valence electrons. The van der Waals surface area contributed by atoms with Crippen LogP contribution in [0.4, 0.5) is 0 Å². The molecule has 0 spiro atoms. The van der Waals surface area contributed by atoms with Gasteiger partial charge >= 0.3 is 0 Å². The molecule has 0 aromatic heterocycles. The van der Waals surface area contributed by atoms with E-state index in [1.807, 2.05) is 57.3 Å². The van der Waals surface area contributed by atoms with Gasteiger partial charge in [0.05, 0.1) is 23.8 Å². The SMILES string of the molecule is CC1(C)COP(=S)(c2cccc(Cl)c2)C(C)(C)N1.CN1C(C)(C)COP(=O)(c2cccc(Cl)c2)C1(C)C. The first kappa shape index (κ1) is 31.3. The zero-order valence-electron chi connectivity index (χ0n) is 23.3. The molecule has 0 radical (unpaired) electrons. The topological polar surface area (TPSA) is 50.8 Å². The summed E-state index contributed by atoms with van der Waals surface area (Å²) in [7, 11) is -0.991. The van der Waals surface area contributed by atoms with Gasteiger partial charge in [-0.15, -0.1) is 0 Å². The second-order valence-corrected chi connectivity index (χ2v) is 20.4. The minimum atomic E-state index is -2.99. The lowest BCUT2D eigenvalue weighted by atomic mass is 10.0. The summed E-state index contributed by atoms with van der Waals surface area (Å²) in [5, 5.41) is 5.83. The first-order valence-electron chi connectivity index (χ1n) is 12.3. The largest absolute Gasteiger partial charge is 0.343 e. The van der Waals surface area contributed by atoms with Gasteiger partial charge in [0.1, 0.15) is 6.26 Å². The fraction of sp³-hybridized carbons (Fsp3) is 0.556. The number of nitrogens with one attached hydrogen (secondary N) is 1. The van der Waals surface area contributed by atoms with Crippen molar-refractivity contribution in [2.24, 2.45) is 0 Å². The summed E-state index contributed by atoms with van der Waals surface area (Å²) in [6.45, 7) is 17.7. The van der Waals surface area contributed by atoms with Gasteiger partial charge in [-0.25, -0.2) is 0 Å². The maximum absolute atomic E-state index is 13.4. The quantitative estimate of drug-likeness (QED) is 0.365. The number of hydrogen-bond donors (Lipinski definition) is 1. The molecule has 2 aromatic carbocycles. The van der Waals surface area contributed by atoms with E-state index in [0.717, 1.165) is 5.30 Å². The van der Waals surface area contributed by atoms with E-state index in [-0.39, 0.29) is 16.4 Å². The van der Waals surface area contributed by atoms with Crippen molar-refractivity contribution in [1.82, 2.24) is 10.2 Å². The Balaban J connectivity index is 0.000000206. The summed E-state index contributed by atoms with van der Waals surface area (Å²) >= 11 is 18.0. The molecule has 2 aliphatic rings. The first-order chi connectivity index (χ1) is 16.8. The monoisotopic (exact) mass is 604 g/mol. The smallest absolute Gasteiger partial charge is 0.251 e. The van der Waals surface area contributed by atoms with Crippen LogP contribution in [0.3, 0.4) is 0 Å². The van der Waals surface area contributed by atoms with Crippen molar-refractivity contribution >= 4 is 59.3 Å². The van der Waals surface area contributed by atoms with E-state index >= 15 is 0 Å². The van der Waals surface area contributed by atoms with Crippen LogP contribution >= 0.6 is 36.8 Å². The number of benzene rings is 2. The van der Waals surface area contributed by atoms with Crippen LogP contribution < -0.4 is 15.9 Å². The highest BCUT2D eigenvalue weighted by atomic mass is 35.5. The summed E-state index contributed by atoms with van der Waals surface area (Å²) in [5.41, 5.74) is -0.194. The Morgan fingerprint density at radius 2 is 1.38 bits per heavy atom. The van der Waals surface area contributed by atoms with Crippen molar-refractivity contribution in [2.45, 2.75) is 77.0 Å². The van der Waals surface area contributed by atoms with Gasteiger partial charge in [-0.2, -0.15) is 0 Å². The Labute approximate surface area is 238 Å².